The van der Waals surface area contributed by atoms with E-state index in [9.17, 15) is 4.79 Å². The Morgan fingerprint density at radius 2 is 1.85 bits per heavy atom. The summed E-state index contributed by atoms with van der Waals surface area (Å²) >= 11 is 0. The smallest absolute Gasteiger partial charge is 0.271 e. The van der Waals surface area contributed by atoms with Crippen LogP contribution >= 0.6 is 0 Å². The van der Waals surface area contributed by atoms with Crippen molar-refractivity contribution in [3.63, 3.8) is 0 Å². The molecule has 1 aromatic carbocycles. The number of hydrogen-bond acceptors (Lipinski definition) is 4. The fraction of sp³-hybridized carbons (Fsp3) is 0.556. The van der Waals surface area contributed by atoms with Gasteiger partial charge < -0.3 is 19.2 Å². The van der Waals surface area contributed by atoms with Crippen LogP contribution in [-0.2, 0) is 11.8 Å². The Labute approximate surface area is 196 Å². The maximum atomic E-state index is 12.2. The minimum absolute atomic E-state index is 0.0460. The number of nitrogens with zero attached hydrogens (tertiary/aromatic N) is 3. The van der Waals surface area contributed by atoms with Gasteiger partial charge in [0.15, 0.2) is 0 Å². The van der Waals surface area contributed by atoms with Gasteiger partial charge in [-0.15, -0.1) is 0 Å². The third kappa shape index (κ3) is 4.26. The highest BCUT2D eigenvalue weighted by molar-refractivity contribution is 5.91. The highest BCUT2D eigenvalue weighted by atomic mass is 16.5. The first-order chi connectivity index (χ1) is 15.9. The molecule has 0 spiro atoms. The molecule has 2 aliphatic rings. The van der Waals surface area contributed by atoms with Gasteiger partial charge in [0.25, 0.3) is 5.56 Å². The minimum atomic E-state index is -0.0460. The van der Waals surface area contributed by atoms with Crippen molar-refractivity contribution in [1.29, 1.82) is 0 Å². The Bertz CT molecular complexity index is 1170. The van der Waals surface area contributed by atoms with Crippen molar-refractivity contribution in [3.8, 4) is 11.4 Å². The molecule has 6 nitrogen and oxygen atoms in total. The number of aromatic amines is 1. The average molecular weight is 449 g/mol. The summed E-state index contributed by atoms with van der Waals surface area (Å²) in [5, 5.41) is 1.29. The van der Waals surface area contributed by atoms with Crippen LogP contribution in [0.3, 0.4) is 0 Å². The summed E-state index contributed by atoms with van der Waals surface area (Å²) in [5.74, 6) is 0.959. The number of fused-ring (bicyclic) bond motifs is 1. The molecular formula is C27H36N4O2. The number of benzene rings is 1. The minimum Gasteiger partial charge on any atom is -0.381 e. The molecule has 6 heteroatoms. The second-order valence-electron chi connectivity index (χ2n) is 10.2. The molecule has 2 aliphatic heterocycles. The molecule has 0 atom stereocenters. The maximum Gasteiger partial charge on any atom is 0.271 e. The van der Waals surface area contributed by atoms with Crippen LogP contribution in [0.1, 0.15) is 68.2 Å². The Kier molecular flexibility index (Phi) is 6.14. The van der Waals surface area contributed by atoms with E-state index in [0.717, 1.165) is 30.1 Å². The van der Waals surface area contributed by atoms with Crippen LogP contribution < -0.4 is 5.56 Å². The van der Waals surface area contributed by atoms with Crippen molar-refractivity contribution in [3.05, 3.63) is 51.6 Å². The lowest BCUT2D eigenvalue weighted by molar-refractivity contribution is 0.0252. The number of ether oxygens (including phenoxy) is 1. The van der Waals surface area contributed by atoms with Crippen LogP contribution in [0.25, 0.3) is 22.3 Å². The molecule has 0 unspecified atom stereocenters. The van der Waals surface area contributed by atoms with Crippen LogP contribution in [0, 0.1) is 6.92 Å². The Balaban J connectivity index is 1.45. The summed E-state index contributed by atoms with van der Waals surface area (Å²) in [6.07, 6.45) is 6.65. The summed E-state index contributed by atoms with van der Waals surface area (Å²) in [5.41, 5.74) is 6.23. The van der Waals surface area contributed by atoms with Gasteiger partial charge in [0.2, 0.25) is 0 Å². The standard InChI is InChI=1S/C27H36N4O2/c1-17(2)25-22-15-20(19-7-11-31(12-8-19)21-9-13-33-14-10-21)5-6-23(22)29-26(25)24-16-30(4)27(32)18(3)28-24/h5-6,15-17,19,21,29H,7-14H2,1-4H3. The van der Waals surface area contributed by atoms with Crippen molar-refractivity contribution in [2.24, 2.45) is 7.05 Å². The predicted octanol–water partition coefficient (Wildman–Crippen LogP) is 4.72. The lowest BCUT2D eigenvalue weighted by atomic mass is 9.87. The average Bonchev–Trinajstić information content (AvgIpc) is 3.22. The van der Waals surface area contributed by atoms with Gasteiger partial charge in [0.1, 0.15) is 11.4 Å². The topological polar surface area (TPSA) is 63.2 Å². The van der Waals surface area contributed by atoms with E-state index >= 15 is 0 Å². The van der Waals surface area contributed by atoms with Gasteiger partial charge in [0, 0.05) is 43.4 Å². The van der Waals surface area contributed by atoms with Crippen LogP contribution in [0.15, 0.2) is 29.2 Å². The maximum absolute atomic E-state index is 12.2. The number of hydrogen-bond donors (Lipinski definition) is 1. The lowest BCUT2D eigenvalue weighted by Gasteiger charge is -2.39. The number of piperidine rings is 1. The summed E-state index contributed by atoms with van der Waals surface area (Å²) < 4.78 is 7.18. The number of likely N-dealkylation sites (tertiary alicyclic amines) is 1. The van der Waals surface area contributed by atoms with Gasteiger partial charge in [-0.3, -0.25) is 4.79 Å². The van der Waals surface area contributed by atoms with E-state index in [0.29, 0.717) is 23.6 Å². The van der Waals surface area contributed by atoms with Gasteiger partial charge in [-0.25, -0.2) is 4.98 Å². The van der Waals surface area contributed by atoms with E-state index in [1.807, 2.05) is 6.20 Å². The molecule has 0 aliphatic carbocycles. The molecule has 0 amide bonds. The van der Waals surface area contributed by atoms with E-state index in [4.69, 9.17) is 4.74 Å². The van der Waals surface area contributed by atoms with Crippen molar-refractivity contribution < 1.29 is 4.74 Å². The molecule has 0 bridgehead atoms. The van der Waals surface area contributed by atoms with Crippen molar-refractivity contribution in [2.75, 3.05) is 26.3 Å². The van der Waals surface area contributed by atoms with Crippen LogP contribution in [-0.4, -0.2) is 51.8 Å². The number of nitrogens with one attached hydrogen (secondary N) is 1. The van der Waals surface area contributed by atoms with Crippen molar-refractivity contribution in [1.82, 2.24) is 19.4 Å². The summed E-state index contributed by atoms with van der Waals surface area (Å²) in [7, 11) is 1.79. The second kappa shape index (κ2) is 9.07. The lowest BCUT2D eigenvalue weighted by Crippen LogP contribution is -2.43. The molecule has 176 valence electrons. The SMILES string of the molecule is Cc1nc(-c2[nH]c3ccc(C4CCN(C5CCOCC5)CC4)cc3c2C(C)C)cn(C)c1=O. The number of rotatable bonds is 4. The summed E-state index contributed by atoms with van der Waals surface area (Å²) in [6.45, 7) is 10.5. The van der Waals surface area contributed by atoms with Gasteiger partial charge in [-0.1, -0.05) is 19.9 Å². The Morgan fingerprint density at radius 3 is 2.52 bits per heavy atom. The molecule has 2 aromatic heterocycles. The quantitative estimate of drug-likeness (QED) is 0.627. The molecule has 1 N–H and O–H groups in total. The van der Waals surface area contributed by atoms with E-state index in [2.05, 4.69) is 46.9 Å². The summed E-state index contributed by atoms with van der Waals surface area (Å²) in [6, 6.07) is 7.66. The normalized spacial score (nSPS) is 19.1. The highest BCUT2D eigenvalue weighted by Crippen LogP contribution is 2.38. The van der Waals surface area contributed by atoms with Crippen molar-refractivity contribution >= 4 is 10.9 Å². The van der Waals surface area contributed by atoms with E-state index in [1.54, 1.807) is 18.5 Å². The molecule has 2 saturated heterocycles. The van der Waals surface area contributed by atoms with Crippen LogP contribution in [0.5, 0.6) is 0 Å². The van der Waals surface area contributed by atoms with Gasteiger partial charge in [-0.05, 0) is 80.8 Å². The fourth-order valence-corrected chi connectivity index (χ4v) is 5.81. The predicted molar refractivity (Wildman–Crippen MR) is 133 cm³/mol. The molecule has 3 aromatic rings. The monoisotopic (exact) mass is 448 g/mol. The molecular weight excluding hydrogens is 412 g/mol. The second-order valence-corrected chi connectivity index (χ2v) is 10.2. The van der Waals surface area contributed by atoms with Gasteiger partial charge >= 0.3 is 0 Å². The van der Waals surface area contributed by atoms with Crippen molar-refractivity contribution in [2.45, 2.75) is 64.3 Å². The van der Waals surface area contributed by atoms with E-state index in [-0.39, 0.29) is 5.56 Å². The van der Waals surface area contributed by atoms with E-state index < -0.39 is 0 Å². The zero-order valence-corrected chi connectivity index (χ0v) is 20.4. The number of aryl methyl sites for hydroxylation is 2. The van der Waals surface area contributed by atoms with Crippen LogP contribution in [0.4, 0.5) is 0 Å². The first kappa shape index (κ1) is 22.4. The highest BCUT2D eigenvalue weighted by Gasteiger charge is 2.28. The Morgan fingerprint density at radius 1 is 1.12 bits per heavy atom. The number of aromatic nitrogens is 3. The first-order valence-corrected chi connectivity index (χ1v) is 12.4. The van der Waals surface area contributed by atoms with Gasteiger partial charge in [-0.2, -0.15) is 0 Å². The molecule has 5 rings (SSSR count). The zero-order chi connectivity index (χ0) is 23.1. The third-order valence-electron chi connectivity index (χ3n) is 7.64. The molecule has 33 heavy (non-hydrogen) atoms. The summed E-state index contributed by atoms with van der Waals surface area (Å²) in [4.78, 5) is 23.1. The molecule has 0 saturated carbocycles. The Hall–Kier alpha value is -2.44. The molecule has 0 radical (unpaired) electrons. The zero-order valence-electron chi connectivity index (χ0n) is 20.4. The first-order valence-electron chi connectivity index (χ1n) is 12.4. The number of H-pyrrole nitrogens is 1. The van der Waals surface area contributed by atoms with Crippen LogP contribution in [0.2, 0.25) is 0 Å². The molecule has 2 fully saturated rings. The van der Waals surface area contributed by atoms with E-state index in [1.165, 1.54) is 55.3 Å². The third-order valence-corrected chi connectivity index (χ3v) is 7.64. The largest absolute Gasteiger partial charge is 0.381 e. The molecule has 4 heterocycles. The van der Waals surface area contributed by atoms with Gasteiger partial charge in [0.05, 0.1) is 5.69 Å². The fourth-order valence-electron chi connectivity index (χ4n) is 5.81.